The van der Waals surface area contributed by atoms with E-state index in [0.717, 1.165) is 5.82 Å². The van der Waals surface area contributed by atoms with Gasteiger partial charge >= 0.3 is 0 Å². The predicted molar refractivity (Wildman–Crippen MR) is 111 cm³/mol. The fourth-order valence-electron chi connectivity index (χ4n) is 3.31. The minimum Gasteiger partial charge on any atom is -0.349 e. The molecule has 8 nitrogen and oxygen atoms in total. The van der Waals surface area contributed by atoms with Crippen molar-refractivity contribution in [3.8, 4) is 0 Å². The Morgan fingerprint density at radius 3 is 2.77 bits per heavy atom. The summed E-state index contributed by atoms with van der Waals surface area (Å²) in [6, 6.07) is 12.8. The standard InChI is InChI=1S/C21H21FN6O2/c1-13-21(30)28(15-6-4-3-5-7-15)26-19(24-13)20(29)23-11-10-18-25-16-9-8-14(22)12-17(16)27(18)2/h3-9,12-13H,10-11H2,1-2H3,(H,23,29)(H,24,26). The average molecular weight is 408 g/mol. The molecule has 0 radical (unpaired) electrons. The van der Waals surface area contributed by atoms with Crippen molar-refractivity contribution in [2.24, 2.45) is 12.0 Å². The highest BCUT2D eigenvalue weighted by atomic mass is 19.1. The molecule has 9 heteroatoms. The van der Waals surface area contributed by atoms with Crippen LogP contribution in [0, 0.1) is 5.82 Å². The smallest absolute Gasteiger partial charge is 0.288 e. The number of nitrogens with one attached hydrogen (secondary N) is 2. The molecule has 1 aliphatic rings. The van der Waals surface area contributed by atoms with E-state index in [1.807, 2.05) is 25.2 Å². The largest absolute Gasteiger partial charge is 0.349 e. The van der Waals surface area contributed by atoms with Crippen LogP contribution in [0.4, 0.5) is 10.1 Å². The van der Waals surface area contributed by atoms with E-state index in [0.29, 0.717) is 29.7 Å². The summed E-state index contributed by atoms with van der Waals surface area (Å²) < 4.78 is 15.3. The van der Waals surface area contributed by atoms with E-state index in [1.165, 1.54) is 17.1 Å². The van der Waals surface area contributed by atoms with E-state index < -0.39 is 11.9 Å². The van der Waals surface area contributed by atoms with E-state index in [-0.39, 0.29) is 17.6 Å². The fraction of sp³-hybridized carbons (Fsp3) is 0.238. The highest BCUT2D eigenvalue weighted by molar-refractivity contribution is 6.39. The van der Waals surface area contributed by atoms with Crippen LogP contribution < -0.4 is 15.8 Å². The zero-order valence-corrected chi connectivity index (χ0v) is 16.6. The number of anilines is 1. The number of hydrazine groups is 1. The van der Waals surface area contributed by atoms with Gasteiger partial charge in [0.25, 0.3) is 11.8 Å². The van der Waals surface area contributed by atoms with Crippen molar-refractivity contribution in [3.05, 3.63) is 60.2 Å². The Morgan fingerprint density at radius 2 is 2.00 bits per heavy atom. The van der Waals surface area contributed by atoms with E-state index in [2.05, 4.69) is 20.7 Å². The molecule has 2 amide bonds. The molecule has 4 rings (SSSR count). The number of halogens is 1. The van der Waals surface area contributed by atoms with Gasteiger partial charge in [0.05, 0.1) is 16.7 Å². The van der Waals surface area contributed by atoms with Gasteiger partial charge in [-0.3, -0.25) is 15.0 Å². The molecule has 154 valence electrons. The van der Waals surface area contributed by atoms with Crippen LogP contribution in [0.15, 0.2) is 53.5 Å². The van der Waals surface area contributed by atoms with E-state index in [4.69, 9.17) is 0 Å². The second-order valence-corrected chi connectivity index (χ2v) is 7.00. The number of carbonyl (C=O) groups is 2. The Bertz CT molecular complexity index is 1140. The second-order valence-electron chi connectivity index (χ2n) is 7.00. The van der Waals surface area contributed by atoms with Crippen molar-refractivity contribution >= 4 is 34.4 Å². The summed E-state index contributed by atoms with van der Waals surface area (Å²) in [4.78, 5) is 33.7. The first kappa shape index (κ1) is 19.6. The van der Waals surface area contributed by atoms with Gasteiger partial charge in [-0.15, -0.1) is 0 Å². The summed E-state index contributed by atoms with van der Waals surface area (Å²) >= 11 is 0. The lowest BCUT2D eigenvalue weighted by atomic mass is 10.2. The van der Waals surface area contributed by atoms with Gasteiger partial charge in [-0.2, -0.15) is 0 Å². The van der Waals surface area contributed by atoms with Gasteiger partial charge in [0.1, 0.15) is 17.7 Å². The molecule has 3 aromatic rings. The van der Waals surface area contributed by atoms with Crippen LogP contribution in [0.1, 0.15) is 12.7 Å². The summed E-state index contributed by atoms with van der Waals surface area (Å²) in [7, 11) is 1.81. The normalized spacial score (nSPS) is 16.4. The third-order valence-corrected chi connectivity index (χ3v) is 4.92. The number of hydrogen-bond acceptors (Lipinski definition) is 5. The summed E-state index contributed by atoms with van der Waals surface area (Å²) in [6.45, 7) is 1.96. The van der Waals surface area contributed by atoms with Crippen LogP contribution in [-0.2, 0) is 23.1 Å². The van der Waals surface area contributed by atoms with Gasteiger partial charge in [-0.25, -0.2) is 19.4 Å². The molecule has 0 aliphatic carbocycles. The number of benzene rings is 2. The average Bonchev–Trinajstić information content (AvgIpc) is 3.05. The van der Waals surface area contributed by atoms with Gasteiger partial charge in [0.15, 0.2) is 0 Å². The highest BCUT2D eigenvalue weighted by Crippen LogP contribution is 2.17. The molecule has 30 heavy (non-hydrogen) atoms. The number of nitrogens with zero attached hydrogens (tertiary/aromatic N) is 4. The minimum atomic E-state index is -0.679. The van der Waals surface area contributed by atoms with E-state index >= 15 is 0 Å². The number of hydrogen-bond donors (Lipinski definition) is 2. The Hall–Kier alpha value is -3.75. The Morgan fingerprint density at radius 1 is 1.23 bits per heavy atom. The molecule has 0 fully saturated rings. The van der Waals surface area contributed by atoms with Crippen LogP contribution in [0.25, 0.3) is 11.0 Å². The second kappa shape index (κ2) is 7.94. The fourth-order valence-corrected chi connectivity index (χ4v) is 3.31. The SMILES string of the molecule is CC1N=C(C(=O)NCCc2nc3ccc(F)cc3n2C)NN(c2ccccc2)C1=O. The monoisotopic (exact) mass is 408 g/mol. The van der Waals surface area contributed by atoms with Crippen molar-refractivity contribution in [1.29, 1.82) is 0 Å². The molecule has 2 heterocycles. The maximum Gasteiger partial charge on any atom is 0.288 e. The molecular weight excluding hydrogens is 387 g/mol. The topological polar surface area (TPSA) is 91.6 Å². The van der Waals surface area contributed by atoms with Crippen molar-refractivity contribution in [1.82, 2.24) is 20.3 Å². The van der Waals surface area contributed by atoms with Gasteiger partial charge in [-0.1, -0.05) is 18.2 Å². The number of fused-ring (bicyclic) bond motifs is 1. The van der Waals surface area contributed by atoms with Crippen LogP contribution in [0.2, 0.25) is 0 Å². The maximum atomic E-state index is 13.5. The lowest BCUT2D eigenvalue weighted by Gasteiger charge is -2.30. The Balaban J connectivity index is 1.42. The Kier molecular flexibility index (Phi) is 5.18. The molecule has 2 aromatic carbocycles. The van der Waals surface area contributed by atoms with Crippen molar-refractivity contribution < 1.29 is 14.0 Å². The summed E-state index contributed by atoms with van der Waals surface area (Å²) in [5.41, 5.74) is 4.82. The molecular formula is C21H21FN6O2. The number of amides is 2. The molecule has 0 bridgehead atoms. The predicted octanol–water partition coefficient (Wildman–Crippen LogP) is 1.71. The molecule has 1 unspecified atom stereocenters. The highest BCUT2D eigenvalue weighted by Gasteiger charge is 2.30. The molecule has 1 aliphatic heterocycles. The Labute approximate surface area is 172 Å². The van der Waals surface area contributed by atoms with E-state index in [9.17, 15) is 14.0 Å². The first-order valence-electron chi connectivity index (χ1n) is 9.56. The van der Waals surface area contributed by atoms with Crippen LogP contribution in [0.3, 0.4) is 0 Å². The van der Waals surface area contributed by atoms with Crippen molar-refractivity contribution in [3.63, 3.8) is 0 Å². The zero-order chi connectivity index (χ0) is 21.3. The summed E-state index contributed by atoms with van der Waals surface area (Å²) in [5, 5.41) is 4.12. The van der Waals surface area contributed by atoms with Gasteiger partial charge in [-0.05, 0) is 37.3 Å². The van der Waals surface area contributed by atoms with Gasteiger partial charge in [0.2, 0.25) is 5.84 Å². The molecule has 1 aromatic heterocycles. The maximum absolute atomic E-state index is 13.5. The molecule has 0 saturated heterocycles. The van der Waals surface area contributed by atoms with Gasteiger partial charge < -0.3 is 9.88 Å². The minimum absolute atomic E-state index is 0.0676. The molecule has 2 N–H and O–H groups in total. The third-order valence-electron chi connectivity index (χ3n) is 4.92. The molecule has 0 spiro atoms. The quantitative estimate of drug-likeness (QED) is 0.672. The third kappa shape index (κ3) is 3.73. The number of para-hydroxylation sites is 1. The van der Waals surface area contributed by atoms with Crippen molar-refractivity contribution in [2.45, 2.75) is 19.4 Å². The first-order valence-corrected chi connectivity index (χ1v) is 9.56. The van der Waals surface area contributed by atoms with Crippen molar-refractivity contribution in [2.75, 3.05) is 11.6 Å². The lowest BCUT2D eigenvalue weighted by molar-refractivity contribution is -0.120. The number of amidine groups is 1. The number of carbonyl (C=O) groups excluding carboxylic acids is 2. The van der Waals surface area contributed by atoms with Crippen LogP contribution in [0.5, 0.6) is 0 Å². The van der Waals surface area contributed by atoms with E-state index in [1.54, 1.807) is 29.7 Å². The lowest BCUT2D eigenvalue weighted by Crippen LogP contribution is -2.58. The number of imidazole rings is 1. The molecule has 1 atom stereocenters. The summed E-state index contributed by atoms with van der Waals surface area (Å²) in [6.07, 6.45) is 0.461. The number of aryl methyl sites for hydroxylation is 1. The van der Waals surface area contributed by atoms with Crippen LogP contribution >= 0.6 is 0 Å². The number of aromatic nitrogens is 2. The zero-order valence-electron chi connectivity index (χ0n) is 16.6. The summed E-state index contributed by atoms with van der Waals surface area (Å²) in [5.74, 6) is -0.190. The number of rotatable bonds is 5. The first-order chi connectivity index (χ1) is 14.4. The molecule has 0 saturated carbocycles. The van der Waals surface area contributed by atoms with Gasteiger partial charge in [0, 0.05) is 20.0 Å². The van der Waals surface area contributed by atoms with Crippen LogP contribution in [-0.4, -0.2) is 39.8 Å². The number of aliphatic imine (C=N–C) groups is 1.